The van der Waals surface area contributed by atoms with Crippen molar-refractivity contribution in [3.05, 3.63) is 0 Å². The van der Waals surface area contributed by atoms with Crippen LogP contribution in [0.25, 0.3) is 0 Å². The second-order valence-corrected chi connectivity index (χ2v) is 9.74. The zero-order valence-corrected chi connectivity index (χ0v) is 14.6. The minimum absolute atomic E-state index is 0.613. The van der Waals surface area contributed by atoms with Crippen LogP contribution in [0.5, 0.6) is 0 Å². The molecule has 0 radical (unpaired) electrons. The quantitative estimate of drug-likeness (QED) is 0.516. The molecule has 0 heterocycles. The highest BCUT2D eigenvalue weighted by molar-refractivity contribution is 5.05. The summed E-state index contributed by atoms with van der Waals surface area (Å²) in [6, 6.07) is 0. The van der Waals surface area contributed by atoms with Gasteiger partial charge in [-0.2, -0.15) is 0 Å². The Balaban J connectivity index is 1.85. The molecule has 3 rings (SSSR count). The maximum Gasteiger partial charge on any atom is -0.0266 e. The lowest BCUT2D eigenvalue weighted by atomic mass is 9.43. The Bertz CT molecular complexity index is 368. The molecule has 0 aromatic rings. The third kappa shape index (κ3) is 2.17. The molecule has 3 fully saturated rings. The standard InChI is InChI=1S/C20H36/c1-6-19(4)12-13-20(5)15(14-19)9-10-16-17(20)8-7-11-18(16,2)3/h15-17H,6-14H2,1-5H3/t15-,16+,17-,19-,20-/m0/s1. The van der Waals surface area contributed by atoms with Crippen LogP contribution in [0.2, 0.25) is 0 Å². The molecule has 20 heavy (non-hydrogen) atoms. The van der Waals surface area contributed by atoms with E-state index in [0.717, 1.165) is 17.8 Å². The van der Waals surface area contributed by atoms with Crippen molar-refractivity contribution in [2.45, 2.75) is 92.4 Å². The van der Waals surface area contributed by atoms with Gasteiger partial charge in [-0.1, -0.05) is 47.5 Å². The van der Waals surface area contributed by atoms with Crippen LogP contribution in [0.4, 0.5) is 0 Å². The Morgan fingerprint density at radius 3 is 2.30 bits per heavy atom. The largest absolute Gasteiger partial charge is 0.0649 e. The number of hydrogen-bond acceptors (Lipinski definition) is 0. The first-order valence-electron chi connectivity index (χ1n) is 9.31. The lowest BCUT2D eigenvalue weighted by Gasteiger charge is -2.62. The van der Waals surface area contributed by atoms with Gasteiger partial charge in [0.2, 0.25) is 0 Å². The van der Waals surface area contributed by atoms with Crippen LogP contribution in [0.15, 0.2) is 0 Å². The van der Waals surface area contributed by atoms with Crippen LogP contribution in [-0.4, -0.2) is 0 Å². The Labute approximate surface area is 127 Å². The average Bonchev–Trinajstić information content (AvgIpc) is 2.40. The predicted molar refractivity (Wildman–Crippen MR) is 87.7 cm³/mol. The summed E-state index contributed by atoms with van der Waals surface area (Å²) in [5, 5.41) is 0. The van der Waals surface area contributed by atoms with Gasteiger partial charge in [0.15, 0.2) is 0 Å². The summed E-state index contributed by atoms with van der Waals surface area (Å²) in [7, 11) is 0. The summed E-state index contributed by atoms with van der Waals surface area (Å²) in [6.45, 7) is 12.8. The maximum atomic E-state index is 2.69. The maximum absolute atomic E-state index is 2.69. The molecule has 3 aliphatic carbocycles. The highest BCUT2D eigenvalue weighted by Gasteiger charge is 2.55. The van der Waals surface area contributed by atoms with Gasteiger partial charge in [0, 0.05) is 0 Å². The molecule has 0 bridgehead atoms. The normalized spacial score (nSPS) is 51.1. The van der Waals surface area contributed by atoms with Crippen LogP contribution in [0, 0.1) is 34.0 Å². The molecule has 0 nitrogen and oxygen atoms in total. The SMILES string of the molecule is CC[C@@]1(C)CC[C@@]2(C)[C@@H](CC[C@@H]3[C@@H]2CCCC3(C)C)C1. The van der Waals surface area contributed by atoms with Gasteiger partial charge >= 0.3 is 0 Å². The number of fused-ring (bicyclic) bond motifs is 3. The van der Waals surface area contributed by atoms with Crippen LogP contribution in [0.3, 0.4) is 0 Å². The molecule has 0 unspecified atom stereocenters. The van der Waals surface area contributed by atoms with Crippen molar-refractivity contribution in [2.24, 2.45) is 34.0 Å². The van der Waals surface area contributed by atoms with E-state index in [0.29, 0.717) is 16.2 Å². The van der Waals surface area contributed by atoms with E-state index in [2.05, 4.69) is 34.6 Å². The van der Waals surface area contributed by atoms with Gasteiger partial charge in [-0.05, 0) is 78.9 Å². The molecule has 5 atom stereocenters. The lowest BCUT2D eigenvalue weighted by molar-refractivity contribution is -0.119. The van der Waals surface area contributed by atoms with Gasteiger partial charge in [0.05, 0.1) is 0 Å². The van der Waals surface area contributed by atoms with E-state index in [4.69, 9.17) is 0 Å². The van der Waals surface area contributed by atoms with Crippen molar-refractivity contribution >= 4 is 0 Å². The molecule has 0 aromatic carbocycles. The Morgan fingerprint density at radius 1 is 0.850 bits per heavy atom. The summed E-state index contributed by atoms with van der Waals surface area (Å²) in [6.07, 6.45) is 13.4. The third-order valence-electron chi connectivity index (χ3n) is 8.29. The second kappa shape index (κ2) is 4.75. The monoisotopic (exact) mass is 276 g/mol. The second-order valence-electron chi connectivity index (χ2n) is 9.74. The fourth-order valence-electron chi connectivity index (χ4n) is 6.42. The van der Waals surface area contributed by atoms with E-state index in [-0.39, 0.29) is 0 Å². The molecule has 116 valence electrons. The molecule has 0 amide bonds. The lowest BCUT2D eigenvalue weighted by Crippen LogP contribution is -2.53. The van der Waals surface area contributed by atoms with Crippen molar-refractivity contribution in [1.29, 1.82) is 0 Å². The fraction of sp³-hybridized carbons (Fsp3) is 1.00. The highest BCUT2D eigenvalue weighted by Crippen LogP contribution is 2.65. The predicted octanol–water partition coefficient (Wildman–Crippen LogP) is 6.45. The minimum Gasteiger partial charge on any atom is -0.0649 e. The molecule has 0 spiro atoms. The number of rotatable bonds is 1. The Hall–Kier alpha value is 0. The molecular formula is C20H36. The van der Waals surface area contributed by atoms with Crippen molar-refractivity contribution in [3.8, 4) is 0 Å². The van der Waals surface area contributed by atoms with Gasteiger partial charge in [-0.25, -0.2) is 0 Å². The zero-order valence-electron chi connectivity index (χ0n) is 14.6. The molecular weight excluding hydrogens is 240 g/mol. The summed E-state index contributed by atoms with van der Waals surface area (Å²) in [5.74, 6) is 3.08. The highest BCUT2D eigenvalue weighted by atomic mass is 14.6. The molecule has 0 N–H and O–H groups in total. The summed E-state index contributed by atoms with van der Waals surface area (Å²) < 4.78 is 0. The molecule has 3 saturated carbocycles. The Morgan fingerprint density at radius 2 is 1.60 bits per heavy atom. The third-order valence-corrected chi connectivity index (χ3v) is 8.29. The van der Waals surface area contributed by atoms with E-state index >= 15 is 0 Å². The van der Waals surface area contributed by atoms with E-state index in [1.54, 1.807) is 0 Å². The van der Waals surface area contributed by atoms with Crippen LogP contribution < -0.4 is 0 Å². The van der Waals surface area contributed by atoms with E-state index < -0.39 is 0 Å². The van der Waals surface area contributed by atoms with Crippen LogP contribution in [-0.2, 0) is 0 Å². The van der Waals surface area contributed by atoms with Crippen molar-refractivity contribution in [3.63, 3.8) is 0 Å². The molecule has 0 aromatic heterocycles. The van der Waals surface area contributed by atoms with E-state index in [1.807, 2.05) is 0 Å². The molecule has 0 heteroatoms. The summed E-state index contributed by atoms with van der Waals surface area (Å²) in [5.41, 5.74) is 1.94. The van der Waals surface area contributed by atoms with Gasteiger partial charge in [0.25, 0.3) is 0 Å². The van der Waals surface area contributed by atoms with Gasteiger partial charge in [0.1, 0.15) is 0 Å². The van der Waals surface area contributed by atoms with E-state index in [9.17, 15) is 0 Å². The number of hydrogen-bond donors (Lipinski definition) is 0. The molecule has 0 saturated heterocycles. The zero-order chi connectivity index (χ0) is 14.6. The fourth-order valence-corrected chi connectivity index (χ4v) is 6.42. The van der Waals surface area contributed by atoms with Crippen LogP contribution in [0.1, 0.15) is 92.4 Å². The van der Waals surface area contributed by atoms with Crippen molar-refractivity contribution < 1.29 is 0 Å². The topological polar surface area (TPSA) is 0 Å². The smallest absolute Gasteiger partial charge is 0.0266 e. The molecule has 3 aliphatic rings. The van der Waals surface area contributed by atoms with E-state index in [1.165, 1.54) is 57.8 Å². The molecule has 0 aliphatic heterocycles. The first-order valence-corrected chi connectivity index (χ1v) is 9.31. The summed E-state index contributed by atoms with van der Waals surface area (Å²) in [4.78, 5) is 0. The first-order chi connectivity index (χ1) is 9.31. The van der Waals surface area contributed by atoms with Gasteiger partial charge in [-0.3, -0.25) is 0 Å². The van der Waals surface area contributed by atoms with Crippen molar-refractivity contribution in [1.82, 2.24) is 0 Å². The average molecular weight is 277 g/mol. The Kier molecular flexibility index (Phi) is 3.54. The van der Waals surface area contributed by atoms with Gasteiger partial charge in [-0.15, -0.1) is 0 Å². The van der Waals surface area contributed by atoms with Crippen LogP contribution >= 0.6 is 0 Å². The minimum atomic E-state index is 0.613. The van der Waals surface area contributed by atoms with Crippen molar-refractivity contribution in [2.75, 3.05) is 0 Å². The first kappa shape index (κ1) is 14.9. The summed E-state index contributed by atoms with van der Waals surface area (Å²) >= 11 is 0. The van der Waals surface area contributed by atoms with Gasteiger partial charge < -0.3 is 0 Å².